The number of amides is 1. The predicted molar refractivity (Wildman–Crippen MR) is 94.4 cm³/mol. The van der Waals surface area contributed by atoms with E-state index in [1.807, 2.05) is 55.5 Å². The van der Waals surface area contributed by atoms with Gasteiger partial charge in [0.1, 0.15) is 5.52 Å². The van der Waals surface area contributed by atoms with Gasteiger partial charge in [0.2, 0.25) is 0 Å². The second kappa shape index (κ2) is 7.11. The Balaban J connectivity index is 1.65. The third kappa shape index (κ3) is 3.78. The molecule has 0 atom stereocenters. The maximum Gasteiger partial charge on any atom is 0.274 e. The molecule has 0 fully saturated rings. The van der Waals surface area contributed by atoms with Gasteiger partial charge in [0.25, 0.3) is 11.1 Å². The SMILES string of the molecule is CCNc1cccc2sc(OCC(=O)Nc3ccccc3)nc12. The summed E-state index contributed by atoms with van der Waals surface area (Å²) >= 11 is 1.43. The van der Waals surface area contributed by atoms with Gasteiger partial charge in [-0.05, 0) is 31.2 Å². The molecule has 6 heteroatoms. The molecule has 5 nitrogen and oxygen atoms in total. The Bertz CT molecular complexity index is 802. The quantitative estimate of drug-likeness (QED) is 0.724. The van der Waals surface area contributed by atoms with Crippen LogP contribution in [0.25, 0.3) is 10.2 Å². The van der Waals surface area contributed by atoms with Crippen molar-refractivity contribution in [2.24, 2.45) is 0 Å². The Morgan fingerprint density at radius 1 is 1.17 bits per heavy atom. The van der Waals surface area contributed by atoms with E-state index in [0.717, 1.165) is 28.1 Å². The Morgan fingerprint density at radius 2 is 2.00 bits per heavy atom. The second-order valence-electron chi connectivity index (χ2n) is 4.87. The zero-order valence-electron chi connectivity index (χ0n) is 12.7. The molecule has 0 aliphatic carbocycles. The number of ether oxygens (including phenoxy) is 1. The molecular weight excluding hydrogens is 310 g/mol. The summed E-state index contributed by atoms with van der Waals surface area (Å²) in [6, 6.07) is 15.2. The van der Waals surface area contributed by atoms with Crippen molar-refractivity contribution in [2.45, 2.75) is 6.92 Å². The summed E-state index contributed by atoms with van der Waals surface area (Å²) in [7, 11) is 0. The monoisotopic (exact) mass is 327 g/mol. The van der Waals surface area contributed by atoms with E-state index in [2.05, 4.69) is 15.6 Å². The number of thiazole rings is 1. The topological polar surface area (TPSA) is 63.2 Å². The number of aromatic nitrogens is 1. The average molecular weight is 327 g/mol. The number of hydrogen-bond acceptors (Lipinski definition) is 5. The largest absolute Gasteiger partial charge is 0.460 e. The number of carbonyl (C=O) groups excluding carboxylic acids is 1. The van der Waals surface area contributed by atoms with Gasteiger partial charge in [-0.25, -0.2) is 4.98 Å². The number of carbonyl (C=O) groups is 1. The third-order valence-corrected chi connectivity index (χ3v) is 4.08. The molecule has 23 heavy (non-hydrogen) atoms. The van der Waals surface area contributed by atoms with Crippen molar-refractivity contribution in [3.63, 3.8) is 0 Å². The fourth-order valence-electron chi connectivity index (χ4n) is 2.17. The molecule has 118 valence electrons. The number of nitrogens with zero attached hydrogens (tertiary/aromatic N) is 1. The van der Waals surface area contributed by atoms with Crippen LogP contribution in [0.2, 0.25) is 0 Å². The Hall–Kier alpha value is -2.60. The lowest BCUT2D eigenvalue weighted by Gasteiger charge is -2.05. The number of hydrogen-bond donors (Lipinski definition) is 2. The van der Waals surface area contributed by atoms with E-state index in [-0.39, 0.29) is 12.5 Å². The molecule has 1 heterocycles. The lowest BCUT2D eigenvalue weighted by atomic mass is 10.3. The summed E-state index contributed by atoms with van der Waals surface area (Å²) in [5.74, 6) is -0.206. The summed E-state index contributed by atoms with van der Waals surface area (Å²) in [6.45, 7) is 2.80. The molecule has 1 aromatic heterocycles. The number of para-hydroxylation sites is 2. The van der Waals surface area contributed by atoms with Gasteiger partial charge >= 0.3 is 0 Å². The van der Waals surface area contributed by atoms with E-state index >= 15 is 0 Å². The normalized spacial score (nSPS) is 10.5. The van der Waals surface area contributed by atoms with Gasteiger partial charge < -0.3 is 15.4 Å². The first-order valence-corrected chi connectivity index (χ1v) is 8.19. The van der Waals surface area contributed by atoms with Crippen molar-refractivity contribution in [3.8, 4) is 5.19 Å². The molecule has 3 rings (SSSR count). The predicted octanol–water partition coefficient (Wildman–Crippen LogP) is 3.75. The standard InChI is InChI=1S/C17H17N3O2S/c1-2-18-13-9-6-10-14-16(13)20-17(23-14)22-11-15(21)19-12-7-4-3-5-8-12/h3-10,18H,2,11H2,1H3,(H,19,21). The zero-order valence-corrected chi connectivity index (χ0v) is 13.5. The average Bonchev–Trinajstić information content (AvgIpc) is 2.98. The maximum atomic E-state index is 11.9. The Morgan fingerprint density at radius 3 is 2.78 bits per heavy atom. The van der Waals surface area contributed by atoms with Gasteiger partial charge in [0.15, 0.2) is 6.61 Å². The number of nitrogens with one attached hydrogen (secondary N) is 2. The van der Waals surface area contributed by atoms with Gasteiger partial charge in [-0.15, -0.1) is 0 Å². The summed E-state index contributed by atoms with van der Waals surface area (Å²) < 4.78 is 6.56. The molecule has 0 unspecified atom stereocenters. The molecule has 1 amide bonds. The summed E-state index contributed by atoms with van der Waals surface area (Å²) in [5.41, 5.74) is 2.60. The van der Waals surface area contributed by atoms with E-state index in [9.17, 15) is 4.79 Å². The van der Waals surface area contributed by atoms with Crippen LogP contribution in [0.1, 0.15) is 6.92 Å². The number of fused-ring (bicyclic) bond motifs is 1. The first-order valence-electron chi connectivity index (χ1n) is 7.37. The van der Waals surface area contributed by atoms with Crippen molar-refractivity contribution in [2.75, 3.05) is 23.8 Å². The fraction of sp³-hybridized carbons (Fsp3) is 0.176. The fourth-order valence-corrected chi connectivity index (χ4v) is 3.01. The van der Waals surface area contributed by atoms with Crippen molar-refractivity contribution in [1.29, 1.82) is 0 Å². The molecule has 0 saturated carbocycles. The highest BCUT2D eigenvalue weighted by Crippen LogP contribution is 2.32. The van der Waals surface area contributed by atoms with Crippen LogP contribution in [0, 0.1) is 0 Å². The Kier molecular flexibility index (Phi) is 4.73. The minimum absolute atomic E-state index is 0.0642. The van der Waals surface area contributed by atoms with Crippen molar-refractivity contribution >= 4 is 38.8 Å². The summed E-state index contributed by atoms with van der Waals surface area (Å²) in [4.78, 5) is 16.4. The highest BCUT2D eigenvalue weighted by atomic mass is 32.1. The molecular formula is C17H17N3O2S. The van der Waals surface area contributed by atoms with E-state index < -0.39 is 0 Å². The minimum atomic E-state index is -0.206. The van der Waals surface area contributed by atoms with Crippen LogP contribution in [-0.2, 0) is 4.79 Å². The van der Waals surface area contributed by atoms with Crippen molar-refractivity contribution in [3.05, 3.63) is 48.5 Å². The van der Waals surface area contributed by atoms with Crippen LogP contribution in [-0.4, -0.2) is 24.0 Å². The maximum absolute atomic E-state index is 11.9. The van der Waals surface area contributed by atoms with Crippen LogP contribution in [0.15, 0.2) is 48.5 Å². The summed E-state index contributed by atoms with van der Waals surface area (Å²) in [6.07, 6.45) is 0. The van der Waals surface area contributed by atoms with Crippen molar-refractivity contribution < 1.29 is 9.53 Å². The van der Waals surface area contributed by atoms with Gasteiger partial charge in [-0.2, -0.15) is 0 Å². The van der Waals surface area contributed by atoms with E-state index in [4.69, 9.17) is 4.74 Å². The molecule has 2 aromatic carbocycles. The van der Waals surface area contributed by atoms with Crippen LogP contribution in [0.3, 0.4) is 0 Å². The van der Waals surface area contributed by atoms with Crippen molar-refractivity contribution in [1.82, 2.24) is 4.98 Å². The van der Waals surface area contributed by atoms with Crippen LogP contribution in [0.4, 0.5) is 11.4 Å². The lowest BCUT2D eigenvalue weighted by Crippen LogP contribution is -2.19. The van der Waals surface area contributed by atoms with Gasteiger partial charge in [0, 0.05) is 12.2 Å². The van der Waals surface area contributed by atoms with Gasteiger partial charge in [-0.1, -0.05) is 35.6 Å². The molecule has 0 spiro atoms. The van der Waals surface area contributed by atoms with E-state index in [1.54, 1.807) is 0 Å². The van der Waals surface area contributed by atoms with Crippen LogP contribution < -0.4 is 15.4 Å². The smallest absolute Gasteiger partial charge is 0.274 e. The highest BCUT2D eigenvalue weighted by Gasteiger charge is 2.10. The first kappa shape index (κ1) is 15.3. The molecule has 0 saturated heterocycles. The zero-order chi connectivity index (χ0) is 16.1. The molecule has 0 aliphatic rings. The highest BCUT2D eigenvalue weighted by molar-refractivity contribution is 7.20. The van der Waals surface area contributed by atoms with Gasteiger partial charge in [-0.3, -0.25) is 4.79 Å². The third-order valence-electron chi connectivity index (χ3n) is 3.15. The molecule has 0 aliphatic heterocycles. The minimum Gasteiger partial charge on any atom is -0.460 e. The molecule has 2 N–H and O–H groups in total. The second-order valence-corrected chi connectivity index (χ2v) is 5.86. The number of benzene rings is 2. The first-order chi connectivity index (χ1) is 11.3. The number of anilines is 2. The number of rotatable bonds is 6. The molecule has 3 aromatic rings. The Labute approximate surface area is 138 Å². The lowest BCUT2D eigenvalue weighted by molar-refractivity contribution is -0.118. The molecule has 0 bridgehead atoms. The van der Waals surface area contributed by atoms with Gasteiger partial charge in [0.05, 0.1) is 10.4 Å². The summed E-state index contributed by atoms with van der Waals surface area (Å²) in [5, 5.41) is 6.54. The van der Waals surface area contributed by atoms with Crippen LogP contribution in [0.5, 0.6) is 5.19 Å². The molecule has 0 radical (unpaired) electrons. The van der Waals surface area contributed by atoms with E-state index in [0.29, 0.717) is 5.19 Å². The van der Waals surface area contributed by atoms with Crippen LogP contribution >= 0.6 is 11.3 Å². The van der Waals surface area contributed by atoms with E-state index in [1.165, 1.54) is 11.3 Å².